The highest BCUT2D eigenvalue weighted by molar-refractivity contribution is 5.87. The van der Waals surface area contributed by atoms with Crippen LogP contribution >= 0.6 is 0 Å². The van der Waals surface area contributed by atoms with Crippen molar-refractivity contribution >= 4 is 16.9 Å². The zero-order chi connectivity index (χ0) is 26.9. The molecule has 6 rings (SSSR count). The zero-order valence-electron chi connectivity index (χ0n) is 21.9. The van der Waals surface area contributed by atoms with Gasteiger partial charge in [0, 0.05) is 86.1 Å². The summed E-state index contributed by atoms with van der Waals surface area (Å²) in [6, 6.07) is 12.3. The van der Waals surface area contributed by atoms with Crippen molar-refractivity contribution in [3.63, 3.8) is 0 Å². The van der Waals surface area contributed by atoms with Gasteiger partial charge in [0.1, 0.15) is 23.7 Å². The number of aromatic nitrogens is 6. The third-order valence-corrected chi connectivity index (χ3v) is 7.07. The van der Waals surface area contributed by atoms with Crippen LogP contribution < -0.4 is 9.64 Å². The zero-order valence-corrected chi connectivity index (χ0v) is 21.9. The van der Waals surface area contributed by atoms with Crippen LogP contribution in [0.25, 0.3) is 33.3 Å². The number of rotatable bonds is 6. The molecule has 9 heteroatoms. The molecule has 6 heterocycles. The van der Waals surface area contributed by atoms with Crippen molar-refractivity contribution in [2.45, 2.75) is 25.9 Å². The SMILES string of the molecule is C=C(C)c1cc(OC2CCN(c3ccc(-c4cc(-c5cnn(C)c5)cn5ncc(C#N)c45)cn3)CC2)ccn1. The van der Waals surface area contributed by atoms with Crippen LogP contribution in [-0.2, 0) is 7.05 Å². The van der Waals surface area contributed by atoms with E-state index >= 15 is 0 Å². The van der Waals surface area contributed by atoms with Crippen LogP contribution in [0, 0.1) is 11.3 Å². The highest BCUT2D eigenvalue weighted by Crippen LogP contribution is 2.32. The van der Waals surface area contributed by atoms with Gasteiger partial charge in [-0.15, -0.1) is 0 Å². The lowest BCUT2D eigenvalue weighted by Gasteiger charge is -2.33. The van der Waals surface area contributed by atoms with Crippen LogP contribution in [-0.4, -0.2) is 48.6 Å². The summed E-state index contributed by atoms with van der Waals surface area (Å²) in [6.45, 7) is 7.63. The number of ether oxygens (including phenoxy) is 1. The number of hydrogen-bond acceptors (Lipinski definition) is 7. The molecule has 1 aliphatic heterocycles. The Balaban J connectivity index is 1.21. The fraction of sp³-hybridized carbons (Fsp3) is 0.233. The number of hydrogen-bond donors (Lipinski definition) is 0. The van der Waals surface area contributed by atoms with E-state index in [0.717, 1.165) is 76.5 Å². The van der Waals surface area contributed by atoms with E-state index in [9.17, 15) is 5.26 Å². The predicted octanol–water partition coefficient (Wildman–Crippen LogP) is 5.14. The van der Waals surface area contributed by atoms with Gasteiger partial charge in [0.25, 0.3) is 0 Å². The normalized spacial score (nSPS) is 13.9. The lowest BCUT2D eigenvalue weighted by molar-refractivity contribution is 0.170. The Morgan fingerprint density at radius 3 is 2.54 bits per heavy atom. The summed E-state index contributed by atoms with van der Waals surface area (Å²) in [6.07, 6.45) is 12.9. The smallest absolute Gasteiger partial charge is 0.128 e. The Morgan fingerprint density at radius 2 is 1.85 bits per heavy atom. The van der Waals surface area contributed by atoms with Crippen LogP contribution in [0.5, 0.6) is 5.75 Å². The van der Waals surface area contributed by atoms with E-state index in [0.29, 0.717) is 5.56 Å². The van der Waals surface area contributed by atoms with Crippen LogP contribution in [0.3, 0.4) is 0 Å². The Bertz CT molecular complexity index is 1700. The minimum Gasteiger partial charge on any atom is -0.490 e. The Hall–Kier alpha value is -4.97. The first kappa shape index (κ1) is 24.4. The molecule has 0 radical (unpaired) electrons. The molecule has 194 valence electrons. The average Bonchev–Trinajstić information content (AvgIpc) is 3.59. The molecule has 0 N–H and O–H groups in total. The van der Waals surface area contributed by atoms with Crippen LogP contribution in [0.4, 0.5) is 5.82 Å². The van der Waals surface area contributed by atoms with E-state index in [4.69, 9.17) is 9.72 Å². The minimum atomic E-state index is 0.149. The summed E-state index contributed by atoms with van der Waals surface area (Å²) >= 11 is 0. The fourth-order valence-electron chi connectivity index (χ4n) is 5.00. The second-order valence-electron chi connectivity index (χ2n) is 9.87. The average molecular weight is 517 g/mol. The van der Waals surface area contributed by atoms with Gasteiger partial charge in [-0.3, -0.25) is 9.67 Å². The van der Waals surface area contributed by atoms with Crippen molar-refractivity contribution in [1.29, 1.82) is 5.26 Å². The number of fused-ring (bicyclic) bond motifs is 1. The van der Waals surface area contributed by atoms with Gasteiger partial charge < -0.3 is 9.64 Å². The minimum absolute atomic E-state index is 0.149. The van der Waals surface area contributed by atoms with Gasteiger partial charge in [0.05, 0.1) is 29.2 Å². The topological polar surface area (TPSA) is 97.2 Å². The van der Waals surface area contributed by atoms with Gasteiger partial charge in [-0.2, -0.15) is 15.5 Å². The van der Waals surface area contributed by atoms with Crippen molar-refractivity contribution in [2.75, 3.05) is 18.0 Å². The molecule has 0 saturated carbocycles. The lowest BCUT2D eigenvalue weighted by atomic mass is 10.0. The molecule has 0 bridgehead atoms. The first-order valence-electron chi connectivity index (χ1n) is 12.9. The largest absolute Gasteiger partial charge is 0.490 e. The van der Waals surface area contributed by atoms with Gasteiger partial charge in [-0.05, 0) is 36.8 Å². The molecule has 39 heavy (non-hydrogen) atoms. The van der Waals surface area contributed by atoms with E-state index in [-0.39, 0.29) is 6.10 Å². The summed E-state index contributed by atoms with van der Waals surface area (Å²) in [5.41, 5.74) is 6.85. The van der Waals surface area contributed by atoms with Gasteiger partial charge in [-0.1, -0.05) is 6.58 Å². The van der Waals surface area contributed by atoms with Crippen molar-refractivity contribution in [2.24, 2.45) is 7.05 Å². The van der Waals surface area contributed by atoms with Crippen molar-refractivity contribution in [3.05, 3.63) is 85.3 Å². The number of anilines is 1. The van der Waals surface area contributed by atoms with E-state index in [2.05, 4.69) is 44.9 Å². The molecule has 0 unspecified atom stereocenters. The molecule has 0 spiro atoms. The maximum absolute atomic E-state index is 9.70. The second kappa shape index (κ2) is 10.1. The number of aryl methyl sites for hydroxylation is 1. The predicted molar refractivity (Wildman–Crippen MR) is 150 cm³/mol. The highest BCUT2D eigenvalue weighted by atomic mass is 16.5. The molecule has 5 aromatic rings. The first-order valence-corrected chi connectivity index (χ1v) is 12.9. The van der Waals surface area contributed by atoms with Gasteiger partial charge in [0.2, 0.25) is 0 Å². The second-order valence-corrected chi connectivity index (χ2v) is 9.87. The van der Waals surface area contributed by atoms with Crippen LogP contribution in [0.15, 0.2) is 74.1 Å². The summed E-state index contributed by atoms with van der Waals surface area (Å²) in [7, 11) is 1.89. The molecule has 1 aliphatic rings. The summed E-state index contributed by atoms with van der Waals surface area (Å²) in [5.74, 6) is 1.76. The standard InChI is InChI=1S/C30H28N8O/c1-20(2)28-13-26(6-9-32-28)39-25-7-10-37(11-8-25)29-5-4-21(15-33-29)27-12-22(24-17-34-36(3)18-24)19-38-30(27)23(14-31)16-35-38/h4-6,9,12-13,15-19,25H,1,7-8,10-11H2,2-3H3. The van der Waals surface area contributed by atoms with Crippen molar-refractivity contribution in [3.8, 4) is 34.1 Å². The van der Waals surface area contributed by atoms with Crippen molar-refractivity contribution in [1.82, 2.24) is 29.4 Å². The van der Waals surface area contributed by atoms with Crippen LogP contribution in [0.1, 0.15) is 31.0 Å². The lowest BCUT2D eigenvalue weighted by Crippen LogP contribution is -2.38. The fourth-order valence-corrected chi connectivity index (χ4v) is 5.00. The quantitative estimate of drug-likeness (QED) is 0.308. The summed E-state index contributed by atoms with van der Waals surface area (Å²) in [5, 5.41) is 18.4. The van der Waals surface area contributed by atoms with Crippen LogP contribution in [0.2, 0.25) is 0 Å². The Kier molecular flexibility index (Phi) is 6.29. The van der Waals surface area contributed by atoms with E-state index in [1.807, 2.05) is 57.0 Å². The molecule has 1 saturated heterocycles. The monoisotopic (exact) mass is 516 g/mol. The first-order chi connectivity index (χ1) is 19.0. The molecule has 0 atom stereocenters. The number of nitrogens with zero attached hydrogens (tertiary/aromatic N) is 8. The van der Waals surface area contributed by atoms with Gasteiger partial charge >= 0.3 is 0 Å². The van der Waals surface area contributed by atoms with Crippen molar-refractivity contribution < 1.29 is 4.74 Å². The van der Waals surface area contributed by atoms with E-state index in [1.165, 1.54) is 0 Å². The molecule has 5 aromatic heterocycles. The number of piperidine rings is 1. The third-order valence-electron chi connectivity index (χ3n) is 7.07. The molecular weight excluding hydrogens is 488 g/mol. The Morgan fingerprint density at radius 1 is 1.00 bits per heavy atom. The Labute approximate surface area is 226 Å². The maximum atomic E-state index is 9.70. The molecule has 0 aliphatic carbocycles. The number of nitriles is 1. The van der Waals surface area contributed by atoms with Gasteiger partial charge in [0.15, 0.2) is 0 Å². The van der Waals surface area contributed by atoms with Gasteiger partial charge in [-0.25, -0.2) is 9.50 Å². The summed E-state index contributed by atoms with van der Waals surface area (Å²) < 4.78 is 9.77. The third kappa shape index (κ3) is 4.84. The van der Waals surface area contributed by atoms with E-state index < -0.39 is 0 Å². The maximum Gasteiger partial charge on any atom is 0.128 e. The number of allylic oxidation sites excluding steroid dienone is 1. The molecular formula is C30H28N8O. The molecule has 1 fully saturated rings. The molecule has 9 nitrogen and oxygen atoms in total. The molecule has 0 amide bonds. The van der Waals surface area contributed by atoms with E-state index in [1.54, 1.807) is 21.6 Å². The summed E-state index contributed by atoms with van der Waals surface area (Å²) in [4.78, 5) is 11.4. The highest BCUT2D eigenvalue weighted by Gasteiger charge is 2.22. The molecule has 0 aromatic carbocycles. The number of pyridine rings is 3.